The van der Waals surface area contributed by atoms with E-state index >= 15 is 0 Å². The van der Waals surface area contributed by atoms with Crippen LogP contribution in [0.15, 0.2) is 53.6 Å². The monoisotopic (exact) mass is 330 g/mol. The summed E-state index contributed by atoms with van der Waals surface area (Å²) in [4.78, 5) is 4.51. The smallest absolute Gasteiger partial charge is 0.179 e. The van der Waals surface area contributed by atoms with E-state index in [-0.39, 0.29) is 10.9 Å². The Labute approximate surface area is 137 Å². The molecule has 1 aromatic heterocycles. The van der Waals surface area contributed by atoms with Gasteiger partial charge in [-0.1, -0.05) is 30.3 Å². The number of aromatic nitrogens is 1. The van der Waals surface area contributed by atoms with E-state index < -0.39 is 9.84 Å². The zero-order valence-corrected chi connectivity index (χ0v) is 14.1. The second-order valence-corrected chi connectivity index (χ2v) is 8.21. The average molecular weight is 330 g/mol. The Morgan fingerprint density at radius 3 is 2.35 bits per heavy atom. The first kappa shape index (κ1) is 16.0. The molecule has 1 N–H and O–H groups in total. The summed E-state index contributed by atoms with van der Waals surface area (Å²) < 4.78 is 23.7. The third-order valence-electron chi connectivity index (χ3n) is 4.51. The largest absolute Gasteiger partial charge is 0.366 e. The number of anilines is 1. The summed E-state index contributed by atoms with van der Waals surface area (Å²) in [6.07, 6.45) is 7.14. The van der Waals surface area contributed by atoms with Gasteiger partial charge in [-0.15, -0.1) is 0 Å². The summed E-state index contributed by atoms with van der Waals surface area (Å²) in [7, 11) is -3.26. The number of nitrogens with one attached hydrogen (secondary N) is 1. The van der Waals surface area contributed by atoms with E-state index in [2.05, 4.69) is 34.6 Å². The molecule has 1 aliphatic carbocycles. The number of pyridine rings is 1. The zero-order chi connectivity index (χ0) is 16.3. The molecule has 0 bridgehead atoms. The number of hydrogen-bond donors (Lipinski definition) is 1. The SMILES string of the molecule is CS(=O)(=O)c1cccnc1NC1CCC(c2ccccc2)CC1. The number of benzene rings is 1. The van der Waals surface area contributed by atoms with Crippen molar-refractivity contribution in [2.24, 2.45) is 0 Å². The minimum atomic E-state index is -3.26. The molecule has 0 unspecified atom stereocenters. The number of hydrogen-bond acceptors (Lipinski definition) is 4. The van der Waals surface area contributed by atoms with E-state index in [0.29, 0.717) is 11.7 Å². The van der Waals surface area contributed by atoms with Crippen LogP contribution in [0.4, 0.5) is 5.82 Å². The van der Waals surface area contributed by atoms with Crippen molar-refractivity contribution in [3.63, 3.8) is 0 Å². The van der Waals surface area contributed by atoms with Gasteiger partial charge in [-0.05, 0) is 49.3 Å². The van der Waals surface area contributed by atoms with Gasteiger partial charge in [0.05, 0.1) is 0 Å². The first-order chi connectivity index (χ1) is 11.0. The van der Waals surface area contributed by atoms with Gasteiger partial charge < -0.3 is 5.32 Å². The minimum Gasteiger partial charge on any atom is -0.366 e. The van der Waals surface area contributed by atoms with Crippen LogP contribution in [0.5, 0.6) is 0 Å². The fourth-order valence-corrected chi connectivity index (χ4v) is 4.08. The standard InChI is InChI=1S/C18H22N2O2S/c1-23(21,22)17-8-5-13-19-18(17)20-16-11-9-15(10-12-16)14-6-3-2-4-7-14/h2-8,13,15-16H,9-12H2,1H3,(H,19,20). The molecule has 5 heteroatoms. The van der Waals surface area contributed by atoms with Crippen LogP contribution in [-0.4, -0.2) is 25.7 Å². The van der Waals surface area contributed by atoms with E-state index in [0.717, 1.165) is 25.7 Å². The van der Waals surface area contributed by atoms with E-state index in [1.54, 1.807) is 18.3 Å². The zero-order valence-electron chi connectivity index (χ0n) is 13.3. The van der Waals surface area contributed by atoms with Gasteiger partial charge in [-0.2, -0.15) is 0 Å². The minimum absolute atomic E-state index is 0.283. The molecule has 1 saturated carbocycles. The molecule has 122 valence electrons. The van der Waals surface area contributed by atoms with Gasteiger partial charge in [0, 0.05) is 18.5 Å². The lowest BCUT2D eigenvalue weighted by molar-refractivity contribution is 0.411. The molecule has 0 amide bonds. The summed E-state index contributed by atoms with van der Waals surface area (Å²) in [6, 6.07) is 14.2. The Kier molecular flexibility index (Phi) is 4.66. The van der Waals surface area contributed by atoms with Crippen molar-refractivity contribution in [3.8, 4) is 0 Å². The predicted molar refractivity (Wildman–Crippen MR) is 92.4 cm³/mol. The van der Waals surface area contributed by atoms with E-state index in [1.807, 2.05) is 6.07 Å². The van der Waals surface area contributed by atoms with Gasteiger partial charge in [0.15, 0.2) is 9.84 Å². The molecule has 0 aliphatic heterocycles. The molecule has 3 rings (SSSR count). The summed E-state index contributed by atoms with van der Waals surface area (Å²) in [6.45, 7) is 0. The Morgan fingerprint density at radius 1 is 1.00 bits per heavy atom. The van der Waals surface area contributed by atoms with Crippen LogP contribution in [0.2, 0.25) is 0 Å². The molecule has 4 nitrogen and oxygen atoms in total. The van der Waals surface area contributed by atoms with Gasteiger partial charge >= 0.3 is 0 Å². The highest BCUT2D eigenvalue weighted by Gasteiger charge is 2.24. The first-order valence-corrected chi connectivity index (χ1v) is 9.90. The maximum atomic E-state index is 11.9. The van der Waals surface area contributed by atoms with Crippen LogP contribution in [0.3, 0.4) is 0 Å². The maximum absolute atomic E-state index is 11.9. The highest BCUT2D eigenvalue weighted by atomic mass is 32.2. The second kappa shape index (κ2) is 6.71. The molecule has 1 heterocycles. The lowest BCUT2D eigenvalue weighted by atomic mass is 9.82. The van der Waals surface area contributed by atoms with Crippen LogP contribution in [0.25, 0.3) is 0 Å². The van der Waals surface area contributed by atoms with Crippen LogP contribution >= 0.6 is 0 Å². The maximum Gasteiger partial charge on any atom is 0.179 e. The van der Waals surface area contributed by atoms with E-state index in [1.165, 1.54) is 11.8 Å². The number of sulfone groups is 1. The second-order valence-electron chi connectivity index (χ2n) is 6.23. The van der Waals surface area contributed by atoms with Crippen LogP contribution in [-0.2, 0) is 9.84 Å². The quantitative estimate of drug-likeness (QED) is 0.930. The third-order valence-corrected chi connectivity index (χ3v) is 5.64. The summed E-state index contributed by atoms with van der Waals surface area (Å²) in [5.41, 5.74) is 1.40. The lowest BCUT2D eigenvalue weighted by Gasteiger charge is -2.30. The van der Waals surface area contributed by atoms with Crippen LogP contribution in [0, 0.1) is 0 Å². The number of rotatable bonds is 4. The third kappa shape index (κ3) is 3.91. The Bertz CT molecular complexity index is 752. The normalized spacial score (nSPS) is 21.8. The first-order valence-electron chi connectivity index (χ1n) is 8.00. The molecule has 1 fully saturated rings. The fraction of sp³-hybridized carbons (Fsp3) is 0.389. The fourth-order valence-electron chi connectivity index (χ4n) is 3.29. The van der Waals surface area contributed by atoms with Gasteiger partial charge in [0.1, 0.15) is 10.7 Å². The van der Waals surface area contributed by atoms with Crippen molar-refractivity contribution in [2.75, 3.05) is 11.6 Å². The highest BCUT2D eigenvalue weighted by molar-refractivity contribution is 7.90. The van der Waals surface area contributed by atoms with E-state index in [9.17, 15) is 8.42 Å². The van der Waals surface area contributed by atoms with Gasteiger partial charge in [0.2, 0.25) is 0 Å². The molecule has 0 atom stereocenters. The van der Waals surface area contributed by atoms with Crippen molar-refractivity contribution in [2.45, 2.75) is 42.5 Å². The van der Waals surface area contributed by atoms with Crippen molar-refractivity contribution in [1.29, 1.82) is 0 Å². The lowest BCUT2D eigenvalue weighted by Crippen LogP contribution is -2.26. The molecule has 0 spiro atoms. The molecule has 2 aromatic rings. The summed E-state index contributed by atoms with van der Waals surface area (Å²) >= 11 is 0. The van der Waals surface area contributed by atoms with Crippen LogP contribution in [0.1, 0.15) is 37.2 Å². The molecule has 23 heavy (non-hydrogen) atoms. The van der Waals surface area contributed by atoms with Crippen molar-refractivity contribution < 1.29 is 8.42 Å². The Hall–Kier alpha value is -1.88. The van der Waals surface area contributed by atoms with Crippen LogP contribution < -0.4 is 5.32 Å². The Balaban J connectivity index is 1.66. The highest BCUT2D eigenvalue weighted by Crippen LogP contribution is 2.34. The average Bonchev–Trinajstić information content (AvgIpc) is 2.56. The van der Waals surface area contributed by atoms with E-state index in [4.69, 9.17) is 0 Å². The Morgan fingerprint density at radius 2 is 1.70 bits per heavy atom. The molecule has 0 radical (unpaired) electrons. The predicted octanol–water partition coefficient (Wildman–Crippen LogP) is 3.62. The van der Waals surface area contributed by atoms with Gasteiger partial charge in [-0.25, -0.2) is 13.4 Å². The van der Waals surface area contributed by atoms with Gasteiger partial charge in [-0.3, -0.25) is 0 Å². The molecule has 1 aromatic carbocycles. The van der Waals surface area contributed by atoms with Crippen molar-refractivity contribution >= 4 is 15.7 Å². The summed E-state index contributed by atoms with van der Waals surface area (Å²) in [5.74, 6) is 1.09. The van der Waals surface area contributed by atoms with Gasteiger partial charge in [0.25, 0.3) is 0 Å². The van der Waals surface area contributed by atoms with Crippen molar-refractivity contribution in [1.82, 2.24) is 4.98 Å². The summed E-state index contributed by atoms with van der Waals surface area (Å²) in [5, 5.41) is 3.34. The van der Waals surface area contributed by atoms with Crippen molar-refractivity contribution in [3.05, 3.63) is 54.2 Å². The topological polar surface area (TPSA) is 59.1 Å². The molecule has 1 aliphatic rings. The number of nitrogens with zero attached hydrogens (tertiary/aromatic N) is 1. The molecular weight excluding hydrogens is 308 g/mol. The molecule has 0 saturated heterocycles. The molecular formula is C18H22N2O2S.